The van der Waals surface area contributed by atoms with Gasteiger partial charge in [0.05, 0.1) is 0 Å². The molecule has 2 nitrogen and oxygen atoms in total. The fraction of sp³-hybridized carbons (Fsp3) is 0.238. The van der Waals surface area contributed by atoms with Gasteiger partial charge in [-0.05, 0) is 0 Å². The molecule has 132 valence electrons. The van der Waals surface area contributed by atoms with Crippen molar-refractivity contribution in [3.63, 3.8) is 0 Å². The van der Waals surface area contributed by atoms with E-state index in [0.717, 1.165) is 20.9 Å². The van der Waals surface area contributed by atoms with Crippen LogP contribution in [0, 0.1) is 12.8 Å². The molecule has 0 aromatic heterocycles. The first-order chi connectivity index (χ1) is 11.9. The quantitative estimate of drug-likeness (QED) is 0.497. The summed E-state index contributed by atoms with van der Waals surface area (Å²) in [6.07, 6.45) is 4.98. The SMILES string of the molecule is Cc1ccc(S(=O)(=O)/C=C(\C=C\CC(C)C)[Se]c2ccccc2)cc1. The molecular formula is C21H24O2SSe. The average Bonchev–Trinajstić information content (AvgIpc) is 2.55. The summed E-state index contributed by atoms with van der Waals surface area (Å²) in [6, 6.07) is 17.0. The number of hydrogen-bond acceptors (Lipinski definition) is 2. The van der Waals surface area contributed by atoms with Crippen molar-refractivity contribution in [2.45, 2.75) is 32.1 Å². The summed E-state index contributed by atoms with van der Waals surface area (Å²) < 4.78 is 27.5. The van der Waals surface area contributed by atoms with Crippen molar-refractivity contribution in [3.05, 3.63) is 82.2 Å². The third-order valence-electron chi connectivity index (χ3n) is 3.49. The maximum absolute atomic E-state index is 12.7. The summed E-state index contributed by atoms with van der Waals surface area (Å²) in [6.45, 7) is 6.25. The number of rotatable bonds is 7. The fourth-order valence-electron chi connectivity index (χ4n) is 2.13. The molecule has 0 unspecified atom stereocenters. The molecule has 0 amide bonds. The van der Waals surface area contributed by atoms with Gasteiger partial charge in [0.25, 0.3) is 0 Å². The molecule has 2 aromatic carbocycles. The van der Waals surface area contributed by atoms with E-state index in [1.807, 2.05) is 55.5 Å². The summed E-state index contributed by atoms with van der Waals surface area (Å²) in [7, 11) is -3.44. The van der Waals surface area contributed by atoms with E-state index in [0.29, 0.717) is 10.8 Å². The van der Waals surface area contributed by atoms with Gasteiger partial charge in [-0.2, -0.15) is 0 Å². The van der Waals surface area contributed by atoms with E-state index in [9.17, 15) is 8.42 Å². The second-order valence-electron chi connectivity index (χ2n) is 6.33. The van der Waals surface area contributed by atoms with Crippen molar-refractivity contribution < 1.29 is 8.42 Å². The number of sulfone groups is 1. The summed E-state index contributed by atoms with van der Waals surface area (Å²) in [5.74, 6) is 0.551. The Kier molecular flexibility index (Phi) is 7.24. The third kappa shape index (κ3) is 6.66. The number of hydrogen-bond donors (Lipinski definition) is 0. The molecule has 0 aliphatic heterocycles. The molecule has 0 heterocycles. The number of allylic oxidation sites excluding steroid dienone is 3. The molecule has 0 aliphatic rings. The maximum atomic E-state index is 12.7. The molecule has 0 N–H and O–H groups in total. The van der Waals surface area contributed by atoms with Crippen molar-refractivity contribution in [1.82, 2.24) is 0 Å². The number of benzene rings is 2. The van der Waals surface area contributed by atoms with Gasteiger partial charge in [0.2, 0.25) is 0 Å². The van der Waals surface area contributed by atoms with Crippen molar-refractivity contribution in [3.8, 4) is 0 Å². The molecule has 4 heteroatoms. The van der Waals surface area contributed by atoms with Crippen molar-refractivity contribution in [2.24, 2.45) is 5.92 Å². The molecular weight excluding hydrogens is 395 g/mol. The monoisotopic (exact) mass is 420 g/mol. The summed E-state index contributed by atoms with van der Waals surface area (Å²) in [5.41, 5.74) is 1.05. The van der Waals surface area contributed by atoms with Gasteiger partial charge in [-0.3, -0.25) is 0 Å². The zero-order valence-corrected chi connectivity index (χ0v) is 17.4. The Bertz CT molecular complexity index is 833. The molecule has 0 fully saturated rings. The van der Waals surface area contributed by atoms with Gasteiger partial charge in [-0.1, -0.05) is 0 Å². The first-order valence-electron chi connectivity index (χ1n) is 8.30. The van der Waals surface area contributed by atoms with Gasteiger partial charge >= 0.3 is 158 Å². The zero-order valence-electron chi connectivity index (χ0n) is 14.8. The van der Waals surface area contributed by atoms with Gasteiger partial charge in [0.1, 0.15) is 0 Å². The minimum atomic E-state index is -3.44. The Hall–Kier alpha value is -1.61. The van der Waals surface area contributed by atoms with E-state index in [1.165, 1.54) is 5.41 Å². The van der Waals surface area contributed by atoms with Gasteiger partial charge < -0.3 is 0 Å². The van der Waals surface area contributed by atoms with Gasteiger partial charge in [0, 0.05) is 0 Å². The van der Waals surface area contributed by atoms with Crippen molar-refractivity contribution in [1.29, 1.82) is 0 Å². The van der Waals surface area contributed by atoms with Crippen LogP contribution in [0.15, 0.2) is 81.5 Å². The minimum absolute atomic E-state index is 0.0491. The second-order valence-corrected chi connectivity index (χ2v) is 10.5. The third-order valence-corrected chi connectivity index (χ3v) is 7.41. The standard InChI is InChI=1S/C21H24O2SSe/c1-17(2)8-7-11-21(25-20-9-5-4-6-10-20)16-24(22,23)19-14-12-18(3)13-15-19/h4-7,9-17H,8H2,1-3H3/b11-7+,21-16+. The van der Waals surface area contributed by atoms with Crippen LogP contribution < -0.4 is 4.46 Å². The number of aryl methyl sites for hydroxylation is 1. The van der Waals surface area contributed by atoms with Crippen LogP contribution in [-0.2, 0) is 9.84 Å². The van der Waals surface area contributed by atoms with Gasteiger partial charge in [-0.25, -0.2) is 0 Å². The van der Waals surface area contributed by atoms with E-state index < -0.39 is 9.84 Å². The van der Waals surface area contributed by atoms with E-state index in [-0.39, 0.29) is 15.0 Å². The zero-order chi connectivity index (χ0) is 18.3. The first kappa shape index (κ1) is 19.7. The van der Waals surface area contributed by atoms with Crippen LogP contribution in [-0.4, -0.2) is 23.4 Å². The first-order valence-corrected chi connectivity index (χ1v) is 11.6. The van der Waals surface area contributed by atoms with Crippen LogP contribution in [0.4, 0.5) is 0 Å². The molecule has 0 radical (unpaired) electrons. The molecule has 0 aliphatic carbocycles. The molecule has 0 saturated heterocycles. The predicted molar refractivity (Wildman–Crippen MR) is 107 cm³/mol. The molecule has 25 heavy (non-hydrogen) atoms. The normalized spacial score (nSPS) is 12.9. The Morgan fingerprint density at radius 3 is 2.28 bits per heavy atom. The van der Waals surface area contributed by atoms with Gasteiger partial charge in [-0.15, -0.1) is 0 Å². The van der Waals surface area contributed by atoms with E-state index in [4.69, 9.17) is 0 Å². The Labute approximate surface area is 157 Å². The van der Waals surface area contributed by atoms with E-state index >= 15 is 0 Å². The Balaban J connectivity index is 2.33. The van der Waals surface area contributed by atoms with Crippen LogP contribution in [0.5, 0.6) is 0 Å². The molecule has 0 atom stereocenters. The summed E-state index contributed by atoms with van der Waals surface area (Å²) in [5, 5.41) is 1.43. The van der Waals surface area contributed by atoms with Crippen LogP contribution in [0.1, 0.15) is 25.8 Å². The van der Waals surface area contributed by atoms with Crippen molar-refractivity contribution in [2.75, 3.05) is 0 Å². The van der Waals surface area contributed by atoms with E-state index in [2.05, 4.69) is 19.9 Å². The average molecular weight is 419 g/mol. The van der Waals surface area contributed by atoms with Crippen molar-refractivity contribution >= 4 is 29.3 Å². The fourth-order valence-corrected chi connectivity index (χ4v) is 5.84. The topological polar surface area (TPSA) is 34.1 Å². The molecule has 0 bridgehead atoms. The Morgan fingerprint density at radius 2 is 1.68 bits per heavy atom. The van der Waals surface area contributed by atoms with Gasteiger partial charge in [0.15, 0.2) is 0 Å². The molecule has 0 spiro atoms. The second kappa shape index (κ2) is 9.19. The van der Waals surface area contributed by atoms with Crippen LogP contribution in [0.2, 0.25) is 0 Å². The molecule has 2 rings (SSSR count). The molecule has 0 saturated carbocycles. The summed E-state index contributed by atoms with van der Waals surface area (Å²) in [4.78, 5) is 0.344. The summed E-state index contributed by atoms with van der Waals surface area (Å²) >= 11 is -0.0491. The predicted octanol–water partition coefficient (Wildman–Crippen LogP) is 4.24. The van der Waals surface area contributed by atoms with Crippen LogP contribution in [0.25, 0.3) is 0 Å². The van der Waals surface area contributed by atoms with E-state index in [1.54, 1.807) is 12.1 Å². The molecule has 2 aromatic rings. The van der Waals surface area contributed by atoms with Crippen LogP contribution in [0.3, 0.4) is 0 Å². The van der Waals surface area contributed by atoms with Crippen LogP contribution >= 0.6 is 0 Å². The Morgan fingerprint density at radius 1 is 1.04 bits per heavy atom.